The number of thioether (sulfide) groups is 1. The van der Waals surface area contributed by atoms with Crippen LogP contribution in [0, 0.1) is 0 Å². The van der Waals surface area contributed by atoms with E-state index < -0.39 is 8.80 Å². The third kappa shape index (κ3) is 21.3. The van der Waals surface area contributed by atoms with E-state index in [0.29, 0.717) is 24.2 Å². The van der Waals surface area contributed by atoms with Crippen LogP contribution in [0.25, 0.3) is 0 Å². The summed E-state index contributed by atoms with van der Waals surface area (Å²) in [5, 5.41) is 0. The molecule has 0 fully saturated rings. The van der Waals surface area contributed by atoms with E-state index in [0.717, 1.165) is 18.2 Å². The molecule has 0 aliphatic rings. The van der Waals surface area contributed by atoms with Gasteiger partial charge in [-0.25, -0.2) is 0 Å². The third-order valence-electron chi connectivity index (χ3n) is 5.86. The molecule has 0 saturated carbocycles. The summed E-state index contributed by atoms with van der Waals surface area (Å²) in [6, 6.07) is 0.963. The van der Waals surface area contributed by atoms with E-state index in [-0.39, 0.29) is 0 Å². The molecule has 33 heavy (non-hydrogen) atoms. The van der Waals surface area contributed by atoms with Gasteiger partial charge >= 0.3 is 8.80 Å². The van der Waals surface area contributed by atoms with E-state index in [4.69, 9.17) is 30.2 Å². The maximum Gasteiger partial charge on any atom is 0.500 e. The first-order chi connectivity index (χ1) is 16.1. The van der Waals surface area contributed by atoms with E-state index in [1.807, 2.05) is 20.8 Å². The van der Waals surface area contributed by atoms with Crippen LogP contribution < -0.4 is 0 Å². The van der Waals surface area contributed by atoms with Gasteiger partial charge < -0.3 is 18.0 Å². The average molecular weight is 523 g/mol. The van der Waals surface area contributed by atoms with Crippen molar-refractivity contribution in [2.45, 2.75) is 130 Å². The molecule has 0 radical (unpaired) electrons. The Morgan fingerprint density at radius 2 is 0.909 bits per heavy atom. The van der Waals surface area contributed by atoms with E-state index in [1.165, 1.54) is 96.3 Å². The molecule has 0 heterocycles. The number of ether oxygens (including phenoxy) is 1. The number of thiocarbonyl (C=S) groups is 1. The molecule has 0 bridgehead atoms. The zero-order chi connectivity index (χ0) is 24.5. The second-order valence-corrected chi connectivity index (χ2v) is 13.1. The Bertz CT molecular complexity index is 410. The van der Waals surface area contributed by atoms with Gasteiger partial charge in [-0.05, 0) is 45.8 Å². The SMILES string of the molecule is CCO[Si](CCCCCCCCCCCCCCCCCCSC(=S)OC)(OCC)OCC. The fourth-order valence-corrected chi connectivity index (χ4v) is 7.70. The highest BCUT2D eigenvalue weighted by molar-refractivity contribution is 8.22. The highest BCUT2D eigenvalue weighted by atomic mass is 32.2. The van der Waals surface area contributed by atoms with Gasteiger partial charge in [0.25, 0.3) is 0 Å². The maximum atomic E-state index is 5.94. The highest BCUT2D eigenvalue weighted by Gasteiger charge is 2.39. The molecule has 0 spiro atoms. The summed E-state index contributed by atoms with van der Waals surface area (Å²) < 4.78 is 23.5. The van der Waals surface area contributed by atoms with Crippen LogP contribution in [0.1, 0.15) is 124 Å². The molecule has 0 unspecified atom stereocenters. The second-order valence-electron chi connectivity index (χ2n) is 8.69. The fourth-order valence-electron chi connectivity index (χ4n) is 4.13. The molecule has 0 aliphatic heterocycles. The standard InChI is InChI=1S/C26H54O4S2Si/c1-5-28-33(29-6-2,30-7-3)25-23-21-19-17-15-13-11-9-8-10-12-14-16-18-20-22-24-32-26(31)27-4/h5-25H2,1-4H3. The molecule has 0 N–H and O–H groups in total. The Balaban J connectivity index is 3.39. The van der Waals surface area contributed by atoms with Crippen molar-refractivity contribution < 1.29 is 18.0 Å². The Hall–Kier alpha value is 0.337. The van der Waals surface area contributed by atoms with E-state index in [2.05, 4.69) is 0 Å². The van der Waals surface area contributed by atoms with Gasteiger partial charge in [0.2, 0.25) is 4.38 Å². The van der Waals surface area contributed by atoms with Crippen molar-refractivity contribution in [3.63, 3.8) is 0 Å². The minimum Gasteiger partial charge on any atom is -0.482 e. The van der Waals surface area contributed by atoms with Crippen molar-refractivity contribution >= 4 is 37.2 Å². The molecule has 7 heteroatoms. The van der Waals surface area contributed by atoms with Gasteiger partial charge in [0.05, 0.1) is 7.11 Å². The summed E-state index contributed by atoms with van der Waals surface area (Å²) in [4.78, 5) is 0. The summed E-state index contributed by atoms with van der Waals surface area (Å²) in [7, 11) is -0.767. The smallest absolute Gasteiger partial charge is 0.482 e. The zero-order valence-electron chi connectivity index (χ0n) is 22.3. The third-order valence-corrected chi connectivity index (χ3v) is 10.4. The molecule has 0 rings (SSSR count). The van der Waals surface area contributed by atoms with Gasteiger partial charge in [-0.3, -0.25) is 0 Å². The van der Waals surface area contributed by atoms with Crippen LogP contribution in [-0.2, 0) is 18.0 Å². The Kier molecular flexibility index (Phi) is 25.7. The van der Waals surface area contributed by atoms with E-state index in [9.17, 15) is 0 Å². The molecule has 0 saturated heterocycles. The fraction of sp³-hybridized carbons (Fsp3) is 0.962. The molecule has 4 nitrogen and oxygen atoms in total. The Morgan fingerprint density at radius 1 is 0.576 bits per heavy atom. The first-order valence-corrected chi connectivity index (χ1v) is 17.1. The van der Waals surface area contributed by atoms with Gasteiger partial charge in [0.1, 0.15) is 0 Å². The normalized spacial score (nSPS) is 11.8. The summed E-state index contributed by atoms with van der Waals surface area (Å²) in [6.45, 7) is 8.13. The van der Waals surface area contributed by atoms with Crippen molar-refractivity contribution in [2.24, 2.45) is 0 Å². The predicted octanol–water partition coefficient (Wildman–Crippen LogP) is 8.94. The van der Waals surface area contributed by atoms with Crippen molar-refractivity contribution in [2.75, 3.05) is 32.7 Å². The molecule has 0 aromatic rings. The molecule has 0 aliphatic carbocycles. The second kappa shape index (κ2) is 25.4. The molecule has 0 aromatic heterocycles. The first-order valence-electron chi connectivity index (χ1n) is 13.8. The Morgan fingerprint density at radius 3 is 1.24 bits per heavy atom. The molecule has 0 atom stereocenters. The molecular weight excluding hydrogens is 469 g/mol. The average Bonchev–Trinajstić information content (AvgIpc) is 2.81. The lowest BCUT2D eigenvalue weighted by molar-refractivity contribution is 0.0706. The number of hydrogen-bond acceptors (Lipinski definition) is 6. The predicted molar refractivity (Wildman–Crippen MR) is 151 cm³/mol. The van der Waals surface area contributed by atoms with Crippen LogP contribution in [0.4, 0.5) is 0 Å². The largest absolute Gasteiger partial charge is 0.500 e. The summed E-state index contributed by atoms with van der Waals surface area (Å²) in [5.41, 5.74) is 0. The topological polar surface area (TPSA) is 36.9 Å². The van der Waals surface area contributed by atoms with Gasteiger partial charge in [0, 0.05) is 31.6 Å². The zero-order valence-corrected chi connectivity index (χ0v) is 24.9. The van der Waals surface area contributed by atoms with Gasteiger partial charge in [-0.1, -0.05) is 102 Å². The molecule has 198 valence electrons. The number of methoxy groups -OCH3 is 1. The van der Waals surface area contributed by atoms with Crippen molar-refractivity contribution in [1.82, 2.24) is 0 Å². The van der Waals surface area contributed by atoms with Gasteiger partial charge in [-0.2, -0.15) is 0 Å². The summed E-state index contributed by atoms with van der Waals surface area (Å²) in [6.07, 6.45) is 21.7. The van der Waals surface area contributed by atoms with Crippen LogP contribution in [0.5, 0.6) is 0 Å². The maximum absolute atomic E-state index is 5.94. The van der Waals surface area contributed by atoms with E-state index in [1.54, 1.807) is 18.9 Å². The monoisotopic (exact) mass is 522 g/mol. The van der Waals surface area contributed by atoms with Crippen LogP contribution >= 0.6 is 24.0 Å². The molecular formula is C26H54O4S2Si. The van der Waals surface area contributed by atoms with Crippen LogP contribution in [0.15, 0.2) is 0 Å². The number of hydrogen-bond donors (Lipinski definition) is 0. The van der Waals surface area contributed by atoms with Gasteiger partial charge in [-0.15, -0.1) is 0 Å². The quantitative estimate of drug-likeness (QED) is 0.0676. The van der Waals surface area contributed by atoms with Crippen LogP contribution in [0.2, 0.25) is 6.04 Å². The van der Waals surface area contributed by atoms with Gasteiger partial charge in [0.15, 0.2) is 0 Å². The lowest BCUT2D eigenvalue weighted by Crippen LogP contribution is -2.45. The van der Waals surface area contributed by atoms with Crippen molar-refractivity contribution in [3.8, 4) is 0 Å². The highest BCUT2D eigenvalue weighted by Crippen LogP contribution is 2.21. The first kappa shape index (κ1) is 33.3. The summed E-state index contributed by atoms with van der Waals surface area (Å²) in [5.74, 6) is 1.10. The lowest BCUT2D eigenvalue weighted by atomic mass is 10.0. The van der Waals surface area contributed by atoms with Crippen molar-refractivity contribution in [3.05, 3.63) is 0 Å². The minimum absolute atomic E-state index is 0.677. The van der Waals surface area contributed by atoms with E-state index >= 15 is 0 Å². The Labute approximate surface area is 217 Å². The summed E-state index contributed by atoms with van der Waals surface area (Å²) >= 11 is 6.70. The number of unbranched alkanes of at least 4 members (excludes halogenated alkanes) is 15. The van der Waals surface area contributed by atoms with Crippen LogP contribution in [0.3, 0.4) is 0 Å². The molecule has 0 amide bonds. The molecule has 0 aromatic carbocycles. The van der Waals surface area contributed by atoms with Crippen LogP contribution in [-0.4, -0.2) is 45.9 Å². The van der Waals surface area contributed by atoms with Crippen molar-refractivity contribution in [1.29, 1.82) is 0 Å². The minimum atomic E-state index is -2.42. The lowest BCUT2D eigenvalue weighted by Gasteiger charge is -2.28. The number of rotatable bonds is 25.